The van der Waals surface area contributed by atoms with Crippen molar-refractivity contribution in [2.45, 2.75) is 16.8 Å². The highest BCUT2D eigenvalue weighted by Crippen LogP contribution is 2.31. The minimum absolute atomic E-state index is 0.756. The third-order valence-corrected chi connectivity index (χ3v) is 4.90. The molecule has 0 saturated carbocycles. The molecule has 2 nitrogen and oxygen atoms in total. The zero-order valence-electron chi connectivity index (χ0n) is 9.94. The molecule has 1 aliphatic heterocycles. The molecule has 0 aliphatic carbocycles. The van der Waals surface area contributed by atoms with E-state index in [4.69, 9.17) is 0 Å². The lowest BCUT2D eigenvalue weighted by Crippen LogP contribution is -2.35. The van der Waals surface area contributed by atoms with Crippen molar-refractivity contribution in [3.63, 3.8) is 0 Å². The summed E-state index contributed by atoms with van der Waals surface area (Å²) in [5, 5.41) is 1.25. The number of halogens is 2. The molecule has 0 spiro atoms. The molecule has 2 aromatic rings. The van der Waals surface area contributed by atoms with Gasteiger partial charge in [-0.2, -0.15) is 0 Å². The van der Waals surface area contributed by atoms with Gasteiger partial charge < -0.3 is 4.90 Å². The zero-order chi connectivity index (χ0) is 12.5. The number of hydrogen-bond acceptors (Lipinski definition) is 2. The van der Waals surface area contributed by atoms with Crippen LogP contribution < -0.4 is 4.90 Å². The Bertz CT molecular complexity index is 573. The van der Waals surface area contributed by atoms with E-state index < -0.39 is 0 Å². The summed E-state index contributed by atoms with van der Waals surface area (Å²) in [7, 11) is 0. The molecule has 1 aliphatic rings. The van der Waals surface area contributed by atoms with Crippen molar-refractivity contribution in [2.24, 2.45) is 0 Å². The Morgan fingerprint density at radius 1 is 1.33 bits per heavy atom. The molecule has 94 valence electrons. The fourth-order valence-electron chi connectivity index (χ4n) is 2.52. The van der Waals surface area contributed by atoms with E-state index in [-0.39, 0.29) is 0 Å². The van der Waals surface area contributed by atoms with Crippen LogP contribution in [0.15, 0.2) is 34.9 Å². The molecule has 0 bridgehead atoms. The Morgan fingerprint density at radius 3 is 3.06 bits per heavy atom. The average Bonchev–Trinajstić information content (AvgIpc) is 2.38. The summed E-state index contributed by atoms with van der Waals surface area (Å²) in [5.74, 6) is 0. The van der Waals surface area contributed by atoms with Crippen LogP contribution >= 0.6 is 38.5 Å². The van der Waals surface area contributed by atoms with Crippen molar-refractivity contribution in [2.75, 3.05) is 18.0 Å². The smallest absolute Gasteiger partial charge is 0.0723 e. The summed E-state index contributed by atoms with van der Waals surface area (Å²) in [6, 6.07) is 8.45. The minimum Gasteiger partial charge on any atom is -0.370 e. The molecule has 1 fully saturated rings. The summed E-state index contributed by atoms with van der Waals surface area (Å²) in [6.07, 6.45) is 4.54. The van der Waals surface area contributed by atoms with E-state index in [9.17, 15) is 0 Å². The molecule has 4 heteroatoms. The van der Waals surface area contributed by atoms with E-state index in [1.54, 1.807) is 0 Å². The largest absolute Gasteiger partial charge is 0.370 e. The predicted molar refractivity (Wildman–Crippen MR) is 88.7 cm³/mol. The molecule has 2 heterocycles. The lowest BCUT2D eigenvalue weighted by Gasteiger charge is -2.32. The van der Waals surface area contributed by atoms with Crippen LogP contribution in [-0.2, 0) is 0 Å². The van der Waals surface area contributed by atoms with Crippen molar-refractivity contribution in [3.05, 3.63) is 34.9 Å². The molecule has 1 saturated heterocycles. The van der Waals surface area contributed by atoms with Gasteiger partial charge in [-0.05, 0) is 37.1 Å². The van der Waals surface area contributed by atoms with Crippen molar-refractivity contribution in [1.82, 2.24) is 4.98 Å². The third kappa shape index (κ3) is 2.50. The Morgan fingerprint density at radius 2 is 2.22 bits per heavy atom. The van der Waals surface area contributed by atoms with Crippen LogP contribution in [0.3, 0.4) is 0 Å². The Labute approximate surface area is 129 Å². The molecule has 1 unspecified atom stereocenters. The highest BCUT2D eigenvalue weighted by atomic mass is 127. The first-order valence-corrected chi connectivity index (χ1v) is 8.21. The van der Waals surface area contributed by atoms with Crippen molar-refractivity contribution < 1.29 is 0 Å². The van der Waals surface area contributed by atoms with E-state index >= 15 is 0 Å². The van der Waals surface area contributed by atoms with E-state index in [0.717, 1.165) is 27.0 Å². The van der Waals surface area contributed by atoms with Gasteiger partial charge in [-0.15, -0.1) is 0 Å². The monoisotopic (exact) mass is 416 g/mol. The number of piperidine rings is 1. The van der Waals surface area contributed by atoms with Crippen molar-refractivity contribution in [1.29, 1.82) is 0 Å². The molecule has 1 aromatic heterocycles. The summed E-state index contributed by atoms with van der Waals surface area (Å²) in [6.45, 7) is 2.30. The summed E-state index contributed by atoms with van der Waals surface area (Å²) in [4.78, 5) is 6.94. The lowest BCUT2D eigenvalue weighted by atomic mass is 10.1. The van der Waals surface area contributed by atoms with Gasteiger partial charge in [0, 0.05) is 38.8 Å². The second-order valence-corrected chi connectivity index (χ2v) is 7.35. The number of hydrogen-bond donors (Lipinski definition) is 0. The van der Waals surface area contributed by atoms with Gasteiger partial charge in [-0.3, -0.25) is 4.98 Å². The number of alkyl halides is 1. The number of benzene rings is 1. The molecule has 1 atom stereocenters. The van der Waals surface area contributed by atoms with E-state index in [0.29, 0.717) is 0 Å². The molecule has 0 amide bonds. The first kappa shape index (κ1) is 12.7. The van der Waals surface area contributed by atoms with Gasteiger partial charge >= 0.3 is 0 Å². The van der Waals surface area contributed by atoms with Crippen molar-refractivity contribution >= 4 is 55.1 Å². The van der Waals surface area contributed by atoms with Crippen LogP contribution in [0, 0.1) is 0 Å². The van der Waals surface area contributed by atoms with Crippen LogP contribution in [-0.4, -0.2) is 22.0 Å². The molecule has 18 heavy (non-hydrogen) atoms. The number of nitrogens with zero attached hydrogens (tertiary/aromatic N) is 2. The van der Waals surface area contributed by atoms with Crippen LogP contribution in [0.2, 0.25) is 0 Å². The highest BCUT2D eigenvalue weighted by molar-refractivity contribution is 14.1. The first-order chi connectivity index (χ1) is 8.74. The maximum Gasteiger partial charge on any atom is 0.0723 e. The lowest BCUT2D eigenvalue weighted by molar-refractivity contribution is 0.604. The maximum absolute atomic E-state index is 4.45. The number of anilines is 1. The van der Waals surface area contributed by atoms with Gasteiger partial charge in [-0.1, -0.05) is 38.5 Å². The first-order valence-electron chi connectivity index (χ1n) is 6.17. The molecular formula is C14H14BrIN2. The van der Waals surface area contributed by atoms with E-state index in [2.05, 4.69) is 72.7 Å². The second kappa shape index (κ2) is 5.33. The third-order valence-electron chi connectivity index (χ3n) is 3.39. The number of pyridine rings is 1. The zero-order valence-corrected chi connectivity index (χ0v) is 13.7. The topological polar surface area (TPSA) is 16.1 Å². The summed E-state index contributed by atoms with van der Waals surface area (Å²) < 4.78 is 1.87. The van der Waals surface area contributed by atoms with Gasteiger partial charge in [0.25, 0.3) is 0 Å². The number of fused-ring (bicyclic) bond motifs is 1. The molecule has 1 aromatic carbocycles. The minimum atomic E-state index is 0.756. The van der Waals surface area contributed by atoms with Crippen LogP contribution in [0.1, 0.15) is 12.8 Å². The normalized spacial score (nSPS) is 20.3. The van der Waals surface area contributed by atoms with Crippen LogP contribution in [0.5, 0.6) is 0 Å². The van der Waals surface area contributed by atoms with Gasteiger partial charge in [0.1, 0.15) is 0 Å². The quantitative estimate of drug-likeness (QED) is 0.505. The standard InChI is InChI=1S/C14H14BrIN2/c15-10-3-4-13-12(8-10)14(5-6-17-13)18-7-1-2-11(16)9-18/h3-6,8,11H,1-2,7,9H2. The summed E-state index contributed by atoms with van der Waals surface area (Å²) in [5.41, 5.74) is 2.40. The SMILES string of the molecule is Brc1ccc2nccc(N3CCCC(I)C3)c2c1. The van der Waals surface area contributed by atoms with E-state index in [1.165, 1.54) is 23.9 Å². The van der Waals surface area contributed by atoms with Gasteiger partial charge in [-0.25, -0.2) is 0 Å². The number of rotatable bonds is 1. The average molecular weight is 417 g/mol. The Hall–Kier alpha value is -0.360. The fraction of sp³-hybridized carbons (Fsp3) is 0.357. The molecule has 0 radical (unpaired) electrons. The van der Waals surface area contributed by atoms with E-state index in [1.807, 2.05) is 6.20 Å². The number of aromatic nitrogens is 1. The predicted octanol–water partition coefficient (Wildman–Crippen LogP) is 4.40. The fourth-order valence-corrected chi connectivity index (χ4v) is 3.80. The molecule has 0 N–H and O–H groups in total. The van der Waals surface area contributed by atoms with Gasteiger partial charge in [0.15, 0.2) is 0 Å². The summed E-state index contributed by atoms with van der Waals surface area (Å²) >= 11 is 6.12. The van der Waals surface area contributed by atoms with Gasteiger partial charge in [0.05, 0.1) is 5.52 Å². The molecular weight excluding hydrogens is 403 g/mol. The Kier molecular flexibility index (Phi) is 3.75. The highest BCUT2D eigenvalue weighted by Gasteiger charge is 2.19. The van der Waals surface area contributed by atoms with Crippen LogP contribution in [0.25, 0.3) is 10.9 Å². The van der Waals surface area contributed by atoms with Crippen LogP contribution in [0.4, 0.5) is 5.69 Å². The Balaban J connectivity index is 2.07. The van der Waals surface area contributed by atoms with Crippen molar-refractivity contribution in [3.8, 4) is 0 Å². The van der Waals surface area contributed by atoms with Gasteiger partial charge in [0.2, 0.25) is 0 Å². The molecule has 3 rings (SSSR count). The second-order valence-electron chi connectivity index (χ2n) is 4.68. The maximum atomic E-state index is 4.45.